The number of carbonyl (C=O) groups excluding carboxylic acids is 5. The number of aryl methyl sites for hydroxylation is 1. The summed E-state index contributed by atoms with van der Waals surface area (Å²) in [6.07, 6.45) is 2.98. The van der Waals surface area contributed by atoms with Crippen molar-refractivity contribution in [3.63, 3.8) is 0 Å². The minimum atomic E-state index is -0.999. The molecule has 4 aromatic rings. The maximum absolute atomic E-state index is 13.3. The highest BCUT2D eigenvalue weighted by atomic mass is 16.6. The summed E-state index contributed by atoms with van der Waals surface area (Å²) in [6.45, 7) is 6.71. The van der Waals surface area contributed by atoms with Crippen molar-refractivity contribution in [3.8, 4) is 12.1 Å². The van der Waals surface area contributed by atoms with E-state index in [9.17, 15) is 29.2 Å². The Hall–Kier alpha value is -6.76. The number of urea groups is 1. The molecule has 0 aliphatic carbocycles. The summed E-state index contributed by atoms with van der Waals surface area (Å²) in [4.78, 5) is 82.1. The summed E-state index contributed by atoms with van der Waals surface area (Å²) in [5.74, 6) is -1.28. The number of hydrogen-bond acceptors (Lipinski definition) is 16. The summed E-state index contributed by atoms with van der Waals surface area (Å²) in [5, 5.41) is 14.2. The van der Waals surface area contributed by atoms with E-state index in [1.54, 1.807) is 17.0 Å². The van der Waals surface area contributed by atoms with Gasteiger partial charge in [0.2, 0.25) is 11.8 Å². The van der Waals surface area contributed by atoms with Crippen molar-refractivity contribution in [1.82, 2.24) is 30.0 Å². The van der Waals surface area contributed by atoms with Crippen molar-refractivity contribution in [2.24, 2.45) is 5.73 Å². The van der Waals surface area contributed by atoms with E-state index in [0.717, 1.165) is 59.2 Å². The van der Waals surface area contributed by atoms with Crippen LogP contribution in [-0.4, -0.2) is 171 Å². The highest BCUT2D eigenvalue weighted by molar-refractivity contribution is 6.24. The number of aromatic nitrogens is 2. The lowest BCUT2D eigenvalue weighted by molar-refractivity contribution is -0.136. The molecule has 9 rings (SSSR count). The number of imide groups is 2. The van der Waals surface area contributed by atoms with E-state index in [0.29, 0.717) is 103 Å². The molecular formula is C52H62N10O10. The Labute approximate surface area is 418 Å². The quantitative estimate of drug-likeness (QED) is 0.0901. The molecule has 3 fully saturated rings. The zero-order valence-corrected chi connectivity index (χ0v) is 40.7. The number of fused-ring (bicyclic) bond motifs is 3. The van der Waals surface area contributed by atoms with Gasteiger partial charge in [0.25, 0.3) is 11.8 Å². The first-order valence-electron chi connectivity index (χ1n) is 24.9. The maximum Gasteiger partial charge on any atom is 0.318 e. The molecule has 20 heteroatoms. The Morgan fingerprint density at radius 2 is 1.60 bits per heavy atom. The molecule has 4 atom stereocenters. The second kappa shape index (κ2) is 23.2. The third-order valence-corrected chi connectivity index (χ3v) is 14.2. The van der Waals surface area contributed by atoms with Crippen LogP contribution >= 0.6 is 0 Å². The second-order valence-electron chi connectivity index (χ2n) is 18.8. The van der Waals surface area contributed by atoms with Crippen molar-refractivity contribution < 1.29 is 47.7 Å². The molecule has 72 heavy (non-hydrogen) atoms. The predicted octanol–water partition coefficient (Wildman–Crippen LogP) is 3.23. The lowest BCUT2D eigenvalue weighted by Gasteiger charge is -2.41. The van der Waals surface area contributed by atoms with Gasteiger partial charge in [-0.2, -0.15) is 15.2 Å². The van der Waals surface area contributed by atoms with Crippen LogP contribution in [0.25, 0.3) is 10.8 Å². The molecular weight excluding hydrogens is 925 g/mol. The Morgan fingerprint density at radius 3 is 2.39 bits per heavy atom. The van der Waals surface area contributed by atoms with Gasteiger partial charge in [0.05, 0.1) is 87.6 Å². The average molecular weight is 987 g/mol. The number of ether oxygens (including phenoxy) is 5. The van der Waals surface area contributed by atoms with E-state index in [-0.39, 0.29) is 43.0 Å². The molecule has 0 spiro atoms. The molecule has 0 radical (unpaired) electrons. The third-order valence-electron chi connectivity index (χ3n) is 14.2. The van der Waals surface area contributed by atoms with Crippen LogP contribution in [0.2, 0.25) is 0 Å². The Kier molecular flexibility index (Phi) is 16.2. The fourth-order valence-corrected chi connectivity index (χ4v) is 10.5. The fourth-order valence-electron chi connectivity index (χ4n) is 10.5. The van der Waals surface area contributed by atoms with Crippen LogP contribution in [-0.2, 0) is 47.9 Å². The fraction of sp³-hybridized carbons (Fsp3) is 0.500. The summed E-state index contributed by atoms with van der Waals surface area (Å²) in [7, 11) is 2.06. The third kappa shape index (κ3) is 11.3. The number of benzene rings is 3. The molecule has 3 aromatic carbocycles. The zero-order chi connectivity index (χ0) is 50.1. The van der Waals surface area contributed by atoms with Crippen LogP contribution in [0, 0.1) is 11.3 Å². The van der Waals surface area contributed by atoms with Crippen molar-refractivity contribution in [3.05, 3.63) is 88.6 Å². The van der Waals surface area contributed by atoms with Crippen LogP contribution < -0.4 is 25.6 Å². The standard InChI is InChI=1S/C52H62N10O10/c1-58-31-38(71-28-27-70-26-25-69-24-23-68-22-6-10-35-9-4-12-41-46(35)50(66)62(49(41)65)44-14-15-45(63)56-48(44)64)29-37(58)33-72-52-55-42-32-59(43-13-5-8-34-7-2-3-11-39(34)43)19-17-40(42)47(57-52)60-20-21-61(51(54)67)36(30-60)16-18-53/h2-5,7-9,11-13,36-38,44H,6,10,14-17,19-33H2,1H3,(H2,54,67)(H,56,63,64)/t36-,37-,38+,44?/m0/s1. The summed E-state index contributed by atoms with van der Waals surface area (Å²) < 4.78 is 29.9. The SMILES string of the molecule is CN1C[C@H](OCCOCCOCCOCCCc2cccc3c2C(=O)N(C2CCC(=O)NC2=O)C3=O)C[C@H]1COc1nc2c(c(N3CCN(C(N)=O)[C@@H](CC#N)C3)n1)CCN(c1cccc3ccccc13)C2. The number of carbonyl (C=O) groups is 5. The Bertz CT molecular complexity index is 2690. The van der Waals surface area contributed by atoms with E-state index in [2.05, 4.69) is 75.6 Å². The van der Waals surface area contributed by atoms with E-state index in [1.807, 2.05) is 6.07 Å². The number of hydrogen-bond donors (Lipinski definition) is 2. The molecule has 3 saturated heterocycles. The number of anilines is 2. The highest BCUT2D eigenvalue weighted by Gasteiger charge is 2.45. The number of nitrogens with zero attached hydrogens (tertiary/aromatic N) is 8. The molecule has 20 nitrogen and oxygen atoms in total. The number of primary amides is 1. The van der Waals surface area contributed by atoms with Gasteiger partial charge >= 0.3 is 12.0 Å². The summed E-state index contributed by atoms with van der Waals surface area (Å²) in [6, 6.07) is 20.6. The monoisotopic (exact) mass is 986 g/mol. The molecule has 5 aliphatic heterocycles. The minimum absolute atomic E-state index is 0.00630. The van der Waals surface area contributed by atoms with Gasteiger partial charge in [-0.1, -0.05) is 48.5 Å². The lowest BCUT2D eigenvalue weighted by atomic mass is 9.99. The molecule has 0 bridgehead atoms. The summed E-state index contributed by atoms with van der Waals surface area (Å²) in [5.41, 5.74) is 10.1. The van der Waals surface area contributed by atoms with E-state index >= 15 is 0 Å². The van der Waals surface area contributed by atoms with Crippen LogP contribution in [0.15, 0.2) is 60.7 Å². The topological polar surface area (TPSA) is 235 Å². The van der Waals surface area contributed by atoms with E-state index in [4.69, 9.17) is 39.4 Å². The van der Waals surface area contributed by atoms with Crippen molar-refractivity contribution in [2.45, 2.75) is 75.7 Å². The van der Waals surface area contributed by atoms with Gasteiger partial charge in [-0.15, -0.1) is 0 Å². The molecule has 1 aromatic heterocycles. The number of nitriles is 1. The van der Waals surface area contributed by atoms with Gasteiger partial charge in [0, 0.05) is 68.4 Å². The Balaban J connectivity index is 0.687. The lowest BCUT2D eigenvalue weighted by Crippen LogP contribution is -2.57. The minimum Gasteiger partial charge on any atom is -0.462 e. The first kappa shape index (κ1) is 50.2. The van der Waals surface area contributed by atoms with E-state index < -0.39 is 35.7 Å². The van der Waals surface area contributed by atoms with Gasteiger partial charge in [0.1, 0.15) is 18.5 Å². The van der Waals surface area contributed by atoms with Crippen LogP contribution in [0.5, 0.6) is 6.01 Å². The number of nitrogens with one attached hydrogen (secondary N) is 1. The molecule has 3 N–H and O–H groups in total. The highest BCUT2D eigenvalue weighted by Crippen LogP contribution is 2.36. The molecule has 1 unspecified atom stereocenters. The average Bonchev–Trinajstić information content (AvgIpc) is 3.87. The number of piperazine rings is 1. The normalized spacial score (nSPS) is 21.3. The number of rotatable bonds is 21. The smallest absolute Gasteiger partial charge is 0.318 e. The van der Waals surface area contributed by atoms with E-state index in [1.165, 1.54) is 10.8 Å². The van der Waals surface area contributed by atoms with Gasteiger partial charge in [-0.25, -0.2) is 4.79 Å². The number of piperidine rings is 1. The molecule has 0 saturated carbocycles. The first-order valence-corrected chi connectivity index (χ1v) is 24.9. The molecule has 6 heterocycles. The molecule has 380 valence electrons. The number of amides is 6. The largest absolute Gasteiger partial charge is 0.462 e. The van der Waals surface area contributed by atoms with Gasteiger partial charge < -0.3 is 44.1 Å². The number of likely N-dealkylation sites (N-methyl/N-ethyl adjacent to an activating group) is 1. The van der Waals surface area contributed by atoms with Crippen molar-refractivity contribution >= 4 is 51.9 Å². The number of likely N-dealkylation sites (tertiary alicyclic amines) is 1. The summed E-state index contributed by atoms with van der Waals surface area (Å²) >= 11 is 0. The van der Waals surface area contributed by atoms with Gasteiger partial charge in [-0.3, -0.25) is 34.3 Å². The zero-order valence-electron chi connectivity index (χ0n) is 40.7. The first-order chi connectivity index (χ1) is 35.1. The van der Waals surface area contributed by atoms with Gasteiger partial charge in [0.15, 0.2) is 0 Å². The van der Waals surface area contributed by atoms with Crippen molar-refractivity contribution in [2.75, 3.05) is 102 Å². The maximum atomic E-state index is 13.3. The van der Waals surface area contributed by atoms with Crippen LogP contribution in [0.3, 0.4) is 0 Å². The van der Waals surface area contributed by atoms with Crippen LogP contribution in [0.1, 0.15) is 69.6 Å². The van der Waals surface area contributed by atoms with Gasteiger partial charge in [-0.05, 0) is 62.2 Å². The number of nitrogens with two attached hydrogens (primary N) is 1. The van der Waals surface area contributed by atoms with Crippen LogP contribution in [0.4, 0.5) is 16.3 Å². The predicted molar refractivity (Wildman–Crippen MR) is 263 cm³/mol. The Morgan fingerprint density at radius 1 is 0.833 bits per heavy atom. The van der Waals surface area contributed by atoms with Crippen molar-refractivity contribution in [1.29, 1.82) is 5.26 Å². The molecule has 5 aliphatic rings. The second-order valence-corrected chi connectivity index (χ2v) is 18.8. The molecule has 6 amide bonds.